The third-order valence-corrected chi connectivity index (χ3v) is 3.92. The van der Waals surface area contributed by atoms with Crippen LogP contribution in [0.25, 0.3) is 5.65 Å². The number of H-pyrrole nitrogens is 1. The SMILES string of the molecule is Cc1nc(NC(C)C2CCOCC2)cc2n[nH]c(=O)n12. The van der Waals surface area contributed by atoms with Crippen LogP contribution < -0.4 is 11.0 Å². The van der Waals surface area contributed by atoms with E-state index < -0.39 is 0 Å². The molecule has 1 aliphatic heterocycles. The maximum Gasteiger partial charge on any atom is 0.349 e. The quantitative estimate of drug-likeness (QED) is 0.872. The van der Waals surface area contributed by atoms with E-state index in [-0.39, 0.29) is 5.69 Å². The van der Waals surface area contributed by atoms with E-state index in [0.29, 0.717) is 23.4 Å². The lowest BCUT2D eigenvalue weighted by molar-refractivity contribution is 0.0622. The highest BCUT2D eigenvalue weighted by Gasteiger charge is 2.21. The number of hydrogen-bond donors (Lipinski definition) is 2. The molecule has 1 atom stereocenters. The molecular weight excluding hydrogens is 258 g/mol. The van der Waals surface area contributed by atoms with Gasteiger partial charge >= 0.3 is 5.69 Å². The first-order valence-corrected chi connectivity index (χ1v) is 6.94. The lowest BCUT2D eigenvalue weighted by Gasteiger charge is -2.28. The van der Waals surface area contributed by atoms with Gasteiger partial charge in [-0.1, -0.05) is 0 Å². The summed E-state index contributed by atoms with van der Waals surface area (Å²) in [5.41, 5.74) is 0.332. The number of nitrogens with zero attached hydrogens (tertiary/aromatic N) is 3. The Morgan fingerprint density at radius 2 is 2.25 bits per heavy atom. The number of fused-ring (bicyclic) bond motifs is 1. The molecule has 3 rings (SSSR count). The van der Waals surface area contributed by atoms with E-state index >= 15 is 0 Å². The van der Waals surface area contributed by atoms with Crippen LogP contribution in [0.1, 0.15) is 25.6 Å². The molecule has 0 aliphatic carbocycles. The Morgan fingerprint density at radius 1 is 1.50 bits per heavy atom. The topological polar surface area (TPSA) is 84.3 Å². The maximum atomic E-state index is 11.6. The minimum Gasteiger partial charge on any atom is -0.381 e. The van der Waals surface area contributed by atoms with Crippen molar-refractivity contribution in [3.05, 3.63) is 22.4 Å². The van der Waals surface area contributed by atoms with E-state index in [1.165, 1.54) is 4.40 Å². The van der Waals surface area contributed by atoms with Crippen LogP contribution in [0.3, 0.4) is 0 Å². The molecule has 0 bridgehead atoms. The molecule has 7 heteroatoms. The van der Waals surface area contributed by atoms with Gasteiger partial charge in [-0.3, -0.25) is 0 Å². The average Bonchev–Trinajstić information content (AvgIpc) is 2.81. The van der Waals surface area contributed by atoms with Crippen LogP contribution in [0.5, 0.6) is 0 Å². The Balaban J connectivity index is 1.81. The lowest BCUT2D eigenvalue weighted by Crippen LogP contribution is -2.31. The van der Waals surface area contributed by atoms with Crippen molar-refractivity contribution in [2.45, 2.75) is 32.7 Å². The number of anilines is 1. The molecule has 0 radical (unpaired) electrons. The highest BCUT2D eigenvalue weighted by molar-refractivity contribution is 5.50. The molecule has 2 aromatic heterocycles. The van der Waals surface area contributed by atoms with Gasteiger partial charge in [-0.2, -0.15) is 5.10 Å². The van der Waals surface area contributed by atoms with Crippen molar-refractivity contribution in [3.63, 3.8) is 0 Å². The normalized spacial score (nSPS) is 18.3. The van der Waals surface area contributed by atoms with Crippen LogP contribution in [-0.4, -0.2) is 38.8 Å². The second kappa shape index (κ2) is 5.24. The van der Waals surface area contributed by atoms with Gasteiger partial charge in [0.2, 0.25) is 0 Å². The molecule has 2 aromatic rings. The largest absolute Gasteiger partial charge is 0.381 e. The number of aryl methyl sites for hydroxylation is 1. The molecule has 7 nitrogen and oxygen atoms in total. The molecule has 2 N–H and O–H groups in total. The maximum absolute atomic E-state index is 11.6. The Hall–Kier alpha value is -1.89. The predicted octanol–water partition coefficient (Wildman–Crippen LogP) is 0.953. The van der Waals surface area contributed by atoms with Crippen LogP contribution in [0, 0.1) is 12.8 Å². The van der Waals surface area contributed by atoms with Crippen LogP contribution in [0.15, 0.2) is 10.9 Å². The van der Waals surface area contributed by atoms with Crippen molar-refractivity contribution >= 4 is 11.5 Å². The standard InChI is InChI=1S/C13H19N5O2/c1-8(10-3-5-20-6-4-10)14-11-7-12-16-17-13(19)18(12)9(2)15-11/h7-8,10,14H,3-6H2,1-2H3,(H,17,19). The summed E-state index contributed by atoms with van der Waals surface area (Å²) in [5.74, 6) is 1.97. The molecule has 1 saturated heterocycles. The Bertz CT molecular complexity index is 656. The molecule has 3 heterocycles. The van der Waals surface area contributed by atoms with Crippen molar-refractivity contribution in [2.75, 3.05) is 18.5 Å². The molecule has 0 aromatic carbocycles. The smallest absolute Gasteiger partial charge is 0.349 e. The van der Waals surface area contributed by atoms with Gasteiger partial charge in [0, 0.05) is 25.3 Å². The summed E-state index contributed by atoms with van der Waals surface area (Å²) < 4.78 is 6.85. The van der Waals surface area contributed by atoms with E-state index in [2.05, 4.69) is 27.4 Å². The van der Waals surface area contributed by atoms with Crippen molar-refractivity contribution in [1.82, 2.24) is 19.6 Å². The third kappa shape index (κ3) is 2.40. The highest BCUT2D eigenvalue weighted by Crippen LogP contribution is 2.21. The molecule has 0 amide bonds. The van der Waals surface area contributed by atoms with Crippen LogP contribution >= 0.6 is 0 Å². The summed E-state index contributed by atoms with van der Waals surface area (Å²) in [4.78, 5) is 16.0. The fourth-order valence-electron chi connectivity index (χ4n) is 2.74. The molecule has 0 spiro atoms. The summed E-state index contributed by atoms with van der Waals surface area (Å²) in [7, 11) is 0. The minimum absolute atomic E-state index is 0.256. The monoisotopic (exact) mass is 277 g/mol. The van der Waals surface area contributed by atoms with E-state index in [1.807, 2.05) is 0 Å². The Labute approximate surface area is 116 Å². The molecule has 0 saturated carbocycles. The fourth-order valence-corrected chi connectivity index (χ4v) is 2.74. The van der Waals surface area contributed by atoms with Crippen LogP contribution in [-0.2, 0) is 4.74 Å². The van der Waals surface area contributed by atoms with Gasteiger partial charge in [-0.25, -0.2) is 19.3 Å². The summed E-state index contributed by atoms with van der Waals surface area (Å²) in [6.45, 7) is 5.62. The zero-order chi connectivity index (χ0) is 14.1. The fraction of sp³-hybridized carbons (Fsp3) is 0.615. The number of aromatic amines is 1. The minimum atomic E-state index is -0.256. The van der Waals surface area contributed by atoms with E-state index in [9.17, 15) is 4.79 Å². The summed E-state index contributed by atoms with van der Waals surface area (Å²) in [6, 6.07) is 2.11. The number of rotatable bonds is 3. The first kappa shape index (κ1) is 13.1. The van der Waals surface area contributed by atoms with E-state index in [1.54, 1.807) is 13.0 Å². The van der Waals surface area contributed by atoms with Gasteiger partial charge in [0.05, 0.1) is 0 Å². The van der Waals surface area contributed by atoms with Crippen molar-refractivity contribution in [1.29, 1.82) is 0 Å². The summed E-state index contributed by atoms with van der Waals surface area (Å²) in [5, 5.41) is 9.84. The van der Waals surface area contributed by atoms with Gasteiger partial charge < -0.3 is 10.1 Å². The van der Waals surface area contributed by atoms with Crippen molar-refractivity contribution < 1.29 is 4.74 Å². The molecule has 20 heavy (non-hydrogen) atoms. The number of aromatic nitrogens is 4. The van der Waals surface area contributed by atoms with Crippen molar-refractivity contribution in [2.24, 2.45) is 5.92 Å². The van der Waals surface area contributed by atoms with Crippen LogP contribution in [0.2, 0.25) is 0 Å². The molecule has 108 valence electrons. The van der Waals surface area contributed by atoms with Gasteiger partial charge in [0.1, 0.15) is 11.6 Å². The van der Waals surface area contributed by atoms with Crippen molar-refractivity contribution in [3.8, 4) is 0 Å². The molecule has 1 fully saturated rings. The third-order valence-electron chi connectivity index (χ3n) is 3.92. The average molecular weight is 277 g/mol. The number of ether oxygens (including phenoxy) is 1. The lowest BCUT2D eigenvalue weighted by atomic mass is 9.93. The van der Waals surface area contributed by atoms with Gasteiger partial charge in [0.15, 0.2) is 5.65 Å². The van der Waals surface area contributed by atoms with Gasteiger partial charge in [-0.15, -0.1) is 0 Å². The first-order chi connectivity index (χ1) is 9.65. The summed E-state index contributed by atoms with van der Waals surface area (Å²) >= 11 is 0. The van der Waals surface area contributed by atoms with Gasteiger partial charge in [0.25, 0.3) is 0 Å². The molecule has 1 unspecified atom stereocenters. The highest BCUT2D eigenvalue weighted by atomic mass is 16.5. The zero-order valence-corrected chi connectivity index (χ0v) is 11.7. The molecular formula is C13H19N5O2. The second-order valence-electron chi connectivity index (χ2n) is 5.29. The molecule has 1 aliphatic rings. The second-order valence-corrected chi connectivity index (χ2v) is 5.29. The predicted molar refractivity (Wildman–Crippen MR) is 75.0 cm³/mol. The van der Waals surface area contributed by atoms with Gasteiger partial charge in [-0.05, 0) is 32.6 Å². The number of hydrogen-bond acceptors (Lipinski definition) is 5. The zero-order valence-electron chi connectivity index (χ0n) is 11.7. The van der Waals surface area contributed by atoms with E-state index in [4.69, 9.17) is 4.74 Å². The Morgan fingerprint density at radius 3 is 3.00 bits per heavy atom. The Kier molecular flexibility index (Phi) is 3.43. The first-order valence-electron chi connectivity index (χ1n) is 6.94. The number of nitrogens with one attached hydrogen (secondary N) is 2. The van der Waals surface area contributed by atoms with E-state index in [0.717, 1.165) is 31.9 Å². The van der Waals surface area contributed by atoms with Crippen LogP contribution in [0.4, 0.5) is 5.82 Å². The summed E-state index contributed by atoms with van der Waals surface area (Å²) in [6.07, 6.45) is 2.13.